The van der Waals surface area contributed by atoms with Crippen molar-refractivity contribution in [2.75, 3.05) is 13.1 Å². The fourth-order valence-electron chi connectivity index (χ4n) is 4.10. The van der Waals surface area contributed by atoms with Crippen molar-refractivity contribution in [3.05, 3.63) is 51.1 Å². The quantitative estimate of drug-likeness (QED) is 0.544. The Kier molecular flexibility index (Phi) is 4.56. The Morgan fingerprint density at radius 1 is 1.26 bits per heavy atom. The molecule has 3 unspecified atom stereocenters. The number of fused-ring (bicyclic) bond motifs is 1. The van der Waals surface area contributed by atoms with Crippen LogP contribution in [0.4, 0.5) is 5.69 Å². The summed E-state index contributed by atoms with van der Waals surface area (Å²) in [7, 11) is 0. The summed E-state index contributed by atoms with van der Waals surface area (Å²) < 4.78 is 1.44. The maximum absolute atomic E-state index is 11.0. The molecule has 1 fully saturated rings. The lowest BCUT2D eigenvalue weighted by Gasteiger charge is -2.40. The Morgan fingerprint density at radius 2 is 1.93 bits per heavy atom. The zero-order chi connectivity index (χ0) is 19.1. The van der Waals surface area contributed by atoms with E-state index in [0.717, 1.165) is 23.5 Å². The predicted molar refractivity (Wildman–Crippen MR) is 102 cm³/mol. The van der Waals surface area contributed by atoms with Gasteiger partial charge in [-0.3, -0.25) is 15.0 Å². The van der Waals surface area contributed by atoms with E-state index in [-0.39, 0.29) is 17.6 Å². The molecule has 1 aliphatic heterocycles. The Morgan fingerprint density at radius 3 is 2.52 bits per heavy atom. The molecule has 0 aliphatic carbocycles. The van der Waals surface area contributed by atoms with Crippen LogP contribution in [0.2, 0.25) is 0 Å². The van der Waals surface area contributed by atoms with E-state index in [9.17, 15) is 15.2 Å². The van der Waals surface area contributed by atoms with Crippen molar-refractivity contribution in [3.8, 4) is 5.88 Å². The van der Waals surface area contributed by atoms with Gasteiger partial charge in [0.15, 0.2) is 0 Å². The predicted octanol–water partition coefficient (Wildman–Crippen LogP) is 3.47. The van der Waals surface area contributed by atoms with Crippen molar-refractivity contribution in [3.63, 3.8) is 0 Å². The van der Waals surface area contributed by atoms with Crippen molar-refractivity contribution < 1.29 is 10.0 Å². The van der Waals surface area contributed by atoms with Gasteiger partial charge in [0.05, 0.1) is 15.8 Å². The van der Waals surface area contributed by atoms with Crippen molar-refractivity contribution in [1.29, 1.82) is 0 Å². The van der Waals surface area contributed by atoms with Crippen LogP contribution in [0.15, 0.2) is 30.6 Å². The zero-order valence-electron chi connectivity index (χ0n) is 15.1. The Balaban J connectivity index is 1.80. The number of rotatable bonds is 4. The van der Waals surface area contributed by atoms with Crippen molar-refractivity contribution in [2.45, 2.75) is 26.3 Å². The molecule has 3 atom stereocenters. The number of thiazole rings is 1. The number of non-ortho nitro benzene ring substituents is 1. The molecule has 0 amide bonds. The first-order valence-corrected chi connectivity index (χ1v) is 9.75. The van der Waals surface area contributed by atoms with E-state index in [1.165, 1.54) is 40.7 Å². The number of hydrogen-bond acceptors (Lipinski definition) is 7. The van der Waals surface area contributed by atoms with E-state index in [1.54, 1.807) is 12.1 Å². The van der Waals surface area contributed by atoms with Crippen LogP contribution in [0.1, 0.15) is 36.8 Å². The van der Waals surface area contributed by atoms with E-state index >= 15 is 0 Å². The van der Waals surface area contributed by atoms with Gasteiger partial charge in [0, 0.05) is 25.2 Å². The minimum absolute atomic E-state index is 0.0600. The minimum atomic E-state index is -0.398. The Labute approximate surface area is 160 Å². The van der Waals surface area contributed by atoms with Gasteiger partial charge in [-0.25, -0.2) is 4.98 Å². The van der Waals surface area contributed by atoms with Gasteiger partial charge in [0.1, 0.15) is 6.33 Å². The second-order valence-electron chi connectivity index (χ2n) is 7.40. The molecule has 27 heavy (non-hydrogen) atoms. The van der Waals surface area contributed by atoms with Crippen LogP contribution in [-0.4, -0.2) is 42.6 Å². The molecule has 0 radical (unpaired) electrons. The molecular formula is C18H21N5O3S. The molecule has 1 saturated heterocycles. The van der Waals surface area contributed by atoms with E-state index in [0.29, 0.717) is 16.8 Å². The normalized spacial score (nSPS) is 22.1. The molecule has 0 bridgehead atoms. The molecule has 2 aromatic heterocycles. The van der Waals surface area contributed by atoms with Crippen molar-refractivity contribution in [1.82, 2.24) is 19.5 Å². The van der Waals surface area contributed by atoms with E-state index < -0.39 is 4.92 Å². The van der Waals surface area contributed by atoms with Gasteiger partial charge in [-0.05, 0) is 23.8 Å². The molecule has 142 valence electrons. The number of piperidine rings is 1. The topological polar surface area (TPSA) is 96.8 Å². The van der Waals surface area contributed by atoms with Crippen LogP contribution in [0.3, 0.4) is 0 Å². The lowest BCUT2D eigenvalue weighted by molar-refractivity contribution is -0.384. The van der Waals surface area contributed by atoms with Gasteiger partial charge in [0.2, 0.25) is 10.8 Å². The molecule has 0 saturated carbocycles. The highest BCUT2D eigenvalue weighted by Crippen LogP contribution is 2.42. The summed E-state index contributed by atoms with van der Waals surface area (Å²) in [5, 5.41) is 25.9. The first-order chi connectivity index (χ1) is 12.9. The highest BCUT2D eigenvalue weighted by Gasteiger charge is 2.33. The minimum Gasteiger partial charge on any atom is -0.492 e. The molecule has 4 rings (SSSR count). The molecule has 8 nitrogen and oxygen atoms in total. The number of hydrogen-bond donors (Lipinski definition) is 1. The van der Waals surface area contributed by atoms with Gasteiger partial charge in [-0.2, -0.15) is 9.61 Å². The first-order valence-electron chi connectivity index (χ1n) is 8.93. The average Bonchev–Trinajstić information content (AvgIpc) is 3.19. The SMILES string of the molecule is CC1CC(C)CN(C(c2ccc([N+](=O)[O-])cc2)c2sc3ncnn3c2O)C1. The van der Waals surface area contributed by atoms with Crippen molar-refractivity contribution >= 4 is 22.0 Å². The summed E-state index contributed by atoms with van der Waals surface area (Å²) in [6.45, 7) is 6.27. The maximum Gasteiger partial charge on any atom is 0.269 e. The third kappa shape index (κ3) is 3.28. The lowest BCUT2D eigenvalue weighted by Crippen LogP contribution is -2.41. The highest BCUT2D eigenvalue weighted by molar-refractivity contribution is 7.17. The summed E-state index contributed by atoms with van der Waals surface area (Å²) >= 11 is 1.40. The molecule has 1 N–H and O–H groups in total. The van der Waals surface area contributed by atoms with Gasteiger partial charge >= 0.3 is 0 Å². The first kappa shape index (κ1) is 17.9. The smallest absolute Gasteiger partial charge is 0.269 e. The number of likely N-dealkylation sites (tertiary alicyclic amines) is 1. The third-order valence-electron chi connectivity index (χ3n) is 5.07. The molecule has 9 heteroatoms. The average molecular weight is 387 g/mol. The molecule has 0 spiro atoms. The fraction of sp³-hybridized carbons (Fsp3) is 0.444. The van der Waals surface area contributed by atoms with Crippen LogP contribution >= 0.6 is 11.3 Å². The van der Waals surface area contributed by atoms with E-state index in [4.69, 9.17) is 0 Å². The maximum atomic E-state index is 11.0. The van der Waals surface area contributed by atoms with Crippen LogP contribution in [0.25, 0.3) is 4.96 Å². The van der Waals surface area contributed by atoms with Crippen LogP contribution in [-0.2, 0) is 0 Å². The lowest BCUT2D eigenvalue weighted by atomic mass is 9.89. The summed E-state index contributed by atoms with van der Waals surface area (Å²) in [6.07, 6.45) is 2.59. The highest BCUT2D eigenvalue weighted by atomic mass is 32.1. The van der Waals surface area contributed by atoms with E-state index in [1.807, 2.05) is 0 Å². The Hall–Kier alpha value is -2.52. The number of nitrogens with zero attached hydrogens (tertiary/aromatic N) is 5. The molecule has 1 aliphatic rings. The van der Waals surface area contributed by atoms with Crippen LogP contribution < -0.4 is 0 Å². The number of aromatic hydroxyl groups is 1. The summed E-state index contributed by atoms with van der Waals surface area (Å²) in [6, 6.07) is 6.41. The molecule has 1 aromatic carbocycles. The standard InChI is InChI=1S/C18H21N5O3S/c1-11-7-12(2)9-21(8-11)15(13-3-5-14(6-4-13)23(25)26)16-17(24)22-18(27-16)19-10-20-22/h3-6,10-12,15,24H,7-9H2,1-2H3. The number of benzene rings is 1. The van der Waals surface area contributed by atoms with Gasteiger partial charge < -0.3 is 5.11 Å². The Bertz CT molecular complexity index is 957. The fourth-order valence-corrected chi connectivity index (χ4v) is 5.19. The third-order valence-corrected chi connectivity index (χ3v) is 6.16. The summed E-state index contributed by atoms with van der Waals surface area (Å²) in [5.41, 5.74) is 0.978. The summed E-state index contributed by atoms with van der Waals surface area (Å²) in [4.78, 5) is 18.6. The molecule has 3 aromatic rings. The molecule has 3 heterocycles. The summed E-state index contributed by atoms with van der Waals surface area (Å²) in [5.74, 6) is 1.17. The zero-order valence-corrected chi connectivity index (χ0v) is 16.0. The monoisotopic (exact) mass is 387 g/mol. The van der Waals surface area contributed by atoms with Gasteiger partial charge in [0.25, 0.3) is 5.69 Å². The largest absolute Gasteiger partial charge is 0.492 e. The van der Waals surface area contributed by atoms with Gasteiger partial charge in [-0.15, -0.1) is 0 Å². The number of nitro benzene ring substituents is 1. The number of nitro groups is 1. The number of aromatic nitrogens is 3. The van der Waals surface area contributed by atoms with E-state index in [2.05, 4.69) is 28.8 Å². The molecular weight excluding hydrogens is 366 g/mol. The van der Waals surface area contributed by atoms with Crippen molar-refractivity contribution in [2.24, 2.45) is 11.8 Å². The van der Waals surface area contributed by atoms with Crippen LogP contribution in [0, 0.1) is 22.0 Å². The van der Waals surface area contributed by atoms with Crippen LogP contribution in [0.5, 0.6) is 5.88 Å². The second-order valence-corrected chi connectivity index (χ2v) is 8.40. The van der Waals surface area contributed by atoms with Gasteiger partial charge in [-0.1, -0.05) is 37.3 Å². The second kappa shape index (κ2) is 6.90.